The molecular weight excluding hydrogens is 429 g/mol. The van der Waals surface area contributed by atoms with Crippen LogP contribution < -0.4 is 10.2 Å². The number of aliphatic hydroxyl groups is 1. The zero-order chi connectivity index (χ0) is 24.1. The van der Waals surface area contributed by atoms with Gasteiger partial charge in [0.05, 0.1) is 24.9 Å². The van der Waals surface area contributed by atoms with Crippen LogP contribution in [-0.4, -0.2) is 55.0 Å². The number of ether oxygens (including phenoxy) is 1. The molecule has 6 heteroatoms. The number of halogens is 1. The van der Waals surface area contributed by atoms with Gasteiger partial charge in [-0.25, -0.2) is 4.39 Å². The molecule has 2 fully saturated rings. The standard InChI is InChI=1S/C28H36FN3O2/c1-19(32-8-7-28(4,33)18-32)20-5-6-25-24(15-20)27(2,3)17-26(30-25)21-13-22(29)16-23(14-21)31-9-11-34-12-10-31/h5-6,13-16,26,30,33H,1,7-12,17-18H2,2-4H3. The molecule has 0 aliphatic carbocycles. The molecule has 2 unspecified atom stereocenters. The Labute approximate surface area is 202 Å². The van der Waals surface area contributed by atoms with Gasteiger partial charge in [0.2, 0.25) is 0 Å². The third kappa shape index (κ3) is 4.53. The molecule has 5 nitrogen and oxygen atoms in total. The monoisotopic (exact) mass is 465 g/mol. The lowest BCUT2D eigenvalue weighted by atomic mass is 9.73. The van der Waals surface area contributed by atoms with Crippen molar-refractivity contribution < 1.29 is 14.2 Å². The van der Waals surface area contributed by atoms with E-state index in [1.54, 1.807) is 12.1 Å². The van der Waals surface area contributed by atoms with Crippen molar-refractivity contribution in [3.05, 3.63) is 65.5 Å². The van der Waals surface area contributed by atoms with Crippen LogP contribution in [0.4, 0.5) is 15.8 Å². The highest BCUT2D eigenvalue weighted by Gasteiger charge is 2.36. The number of nitrogens with one attached hydrogen (secondary N) is 1. The molecule has 3 aliphatic heterocycles. The van der Waals surface area contributed by atoms with E-state index in [9.17, 15) is 9.50 Å². The van der Waals surface area contributed by atoms with Crippen LogP contribution in [0.25, 0.3) is 5.70 Å². The molecule has 2 atom stereocenters. The zero-order valence-electron chi connectivity index (χ0n) is 20.5. The predicted octanol–water partition coefficient (Wildman–Crippen LogP) is 4.92. The maximum atomic E-state index is 14.7. The maximum Gasteiger partial charge on any atom is 0.125 e. The summed E-state index contributed by atoms with van der Waals surface area (Å²) in [6.07, 6.45) is 1.62. The Morgan fingerprint density at radius 2 is 1.88 bits per heavy atom. The molecule has 2 N–H and O–H groups in total. The number of morpholine rings is 1. The third-order valence-electron chi connectivity index (χ3n) is 7.64. The normalized spacial score (nSPS) is 26.2. The van der Waals surface area contributed by atoms with E-state index in [1.165, 1.54) is 5.56 Å². The number of anilines is 2. The van der Waals surface area contributed by atoms with Gasteiger partial charge in [-0.1, -0.05) is 26.5 Å². The summed E-state index contributed by atoms with van der Waals surface area (Å²) < 4.78 is 20.1. The molecule has 0 amide bonds. The molecule has 182 valence electrons. The largest absolute Gasteiger partial charge is 0.388 e. The molecule has 0 aromatic heterocycles. The second kappa shape index (κ2) is 8.58. The van der Waals surface area contributed by atoms with Gasteiger partial charge in [-0.05, 0) is 72.2 Å². The van der Waals surface area contributed by atoms with E-state index in [4.69, 9.17) is 4.74 Å². The van der Waals surface area contributed by atoms with Crippen LogP contribution in [0.1, 0.15) is 56.3 Å². The van der Waals surface area contributed by atoms with Crippen molar-refractivity contribution in [2.45, 2.75) is 50.7 Å². The first-order valence-corrected chi connectivity index (χ1v) is 12.3. The van der Waals surface area contributed by atoms with Gasteiger partial charge in [-0.15, -0.1) is 0 Å². The second-order valence-corrected chi connectivity index (χ2v) is 11.0. The van der Waals surface area contributed by atoms with E-state index >= 15 is 0 Å². The molecule has 2 aromatic carbocycles. The summed E-state index contributed by atoms with van der Waals surface area (Å²) in [6.45, 7) is 15.1. The van der Waals surface area contributed by atoms with Crippen molar-refractivity contribution >= 4 is 17.1 Å². The Balaban J connectivity index is 1.40. The SMILES string of the molecule is C=C(c1ccc2c(c1)C(C)(C)CC(c1cc(F)cc(N3CCOCC3)c1)N2)N1CCC(C)(O)C1. The van der Waals surface area contributed by atoms with Crippen LogP contribution in [0, 0.1) is 5.82 Å². The average Bonchev–Trinajstić information content (AvgIpc) is 3.17. The number of nitrogens with zero attached hydrogens (tertiary/aromatic N) is 2. The van der Waals surface area contributed by atoms with E-state index in [0.717, 1.165) is 60.7 Å². The summed E-state index contributed by atoms with van der Waals surface area (Å²) >= 11 is 0. The summed E-state index contributed by atoms with van der Waals surface area (Å²) in [5.74, 6) is -0.197. The number of likely N-dealkylation sites (tertiary alicyclic amines) is 1. The third-order valence-corrected chi connectivity index (χ3v) is 7.64. The number of hydrogen-bond acceptors (Lipinski definition) is 5. The molecule has 3 aliphatic rings. The van der Waals surface area contributed by atoms with Gasteiger partial charge in [0.1, 0.15) is 5.82 Å². The molecule has 34 heavy (non-hydrogen) atoms. The quantitative estimate of drug-likeness (QED) is 0.671. The van der Waals surface area contributed by atoms with Gasteiger partial charge in [0.25, 0.3) is 0 Å². The minimum atomic E-state index is -0.657. The molecule has 2 aromatic rings. The van der Waals surface area contributed by atoms with Crippen molar-refractivity contribution in [2.75, 3.05) is 49.6 Å². The average molecular weight is 466 g/mol. The number of fused-ring (bicyclic) bond motifs is 1. The Morgan fingerprint density at radius 1 is 1.12 bits per heavy atom. The summed E-state index contributed by atoms with van der Waals surface area (Å²) in [5.41, 5.74) is 5.54. The van der Waals surface area contributed by atoms with Crippen LogP contribution >= 0.6 is 0 Å². The van der Waals surface area contributed by atoms with E-state index in [-0.39, 0.29) is 17.3 Å². The van der Waals surface area contributed by atoms with E-state index in [0.29, 0.717) is 19.8 Å². The minimum absolute atomic E-state index is 0.0284. The molecule has 0 radical (unpaired) electrons. The Hall–Kier alpha value is -2.57. The van der Waals surface area contributed by atoms with Crippen LogP contribution in [0.5, 0.6) is 0 Å². The van der Waals surface area contributed by atoms with Crippen molar-refractivity contribution in [2.24, 2.45) is 0 Å². The maximum absolute atomic E-state index is 14.7. The van der Waals surface area contributed by atoms with Gasteiger partial charge in [-0.2, -0.15) is 0 Å². The minimum Gasteiger partial charge on any atom is -0.388 e. The molecule has 3 heterocycles. The van der Waals surface area contributed by atoms with Crippen LogP contribution in [0.15, 0.2) is 43.0 Å². The Morgan fingerprint density at radius 3 is 2.59 bits per heavy atom. The van der Waals surface area contributed by atoms with Gasteiger partial charge >= 0.3 is 0 Å². The van der Waals surface area contributed by atoms with Crippen LogP contribution in [0.2, 0.25) is 0 Å². The van der Waals surface area contributed by atoms with Gasteiger partial charge < -0.3 is 25.0 Å². The first-order valence-electron chi connectivity index (χ1n) is 12.3. The smallest absolute Gasteiger partial charge is 0.125 e. The second-order valence-electron chi connectivity index (χ2n) is 11.0. The summed E-state index contributed by atoms with van der Waals surface area (Å²) in [6, 6.07) is 11.9. The van der Waals surface area contributed by atoms with Crippen LogP contribution in [-0.2, 0) is 10.2 Å². The molecular formula is C28H36FN3O2. The van der Waals surface area contributed by atoms with E-state index < -0.39 is 5.60 Å². The summed E-state index contributed by atoms with van der Waals surface area (Å²) in [5, 5.41) is 14.0. The first-order chi connectivity index (χ1) is 16.1. The fraction of sp³-hybridized carbons (Fsp3) is 0.500. The number of hydrogen-bond donors (Lipinski definition) is 2. The van der Waals surface area contributed by atoms with E-state index in [2.05, 4.69) is 59.8 Å². The Kier molecular flexibility index (Phi) is 5.85. The molecule has 0 saturated carbocycles. The topological polar surface area (TPSA) is 48.0 Å². The number of rotatable bonds is 4. The molecule has 2 saturated heterocycles. The van der Waals surface area contributed by atoms with Gasteiger partial charge in [0.15, 0.2) is 0 Å². The molecule has 0 spiro atoms. The fourth-order valence-corrected chi connectivity index (χ4v) is 5.63. The lowest BCUT2D eigenvalue weighted by Crippen LogP contribution is -2.36. The highest BCUT2D eigenvalue weighted by atomic mass is 19.1. The van der Waals surface area contributed by atoms with Crippen molar-refractivity contribution in [3.8, 4) is 0 Å². The first kappa shape index (κ1) is 23.2. The lowest BCUT2D eigenvalue weighted by Gasteiger charge is -2.40. The van der Waals surface area contributed by atoms with Gasteiger partial charge in [0, 0.05) is 43.3 Å². The number of β-amino-alcohol motifs (C(OH)–C–C–N with tert-alkyl or cyclic N) is 1. The van der Waals surface area contributed by atoms with Crippen molar-refractivity contribution in [3.63, 3.8) is 0 Å². The summed E-state index contributed by atoms with van der Waals surface area (Å²) in [7, 11) is 0. The van der Waals surface area contributed by atoms with Gasteiger partial charge in [-0.3, -0.25) is 0 Å². The Bertz CT molecular complexity index is 1090. The van der Waals surface area contributed by atoms with Crippen molar-refractivity contribution in [1.82, 2.24) is 4.90 Å². The lowest BCUT2D eigenvalue weighted by molar-refractivity contribution is 0.0746. The number of benzene rings is 2. The van der Waals surface area contributed by atoms with Crippen molar-refractivity contribution in [1.29, 1.82) is 0 Å². The summed E-state index contributed by atoms with van der Waals surface area (Å²) in [4.78, 5) is 4.37. The van der Waals surface area contributed by atoms with E-state index in [1.807, 2.05) is 6.92 Å². The highest BCUT2D eigenvalue weighted by molar-refractivity contribution is 5.69. The molecule has 0 bridgehead atoms. The predicted molar refractivity (Wildman–Crippen MR) is 136 cm³/mol. The fourth-order valence-electron chi connectivity index (χ4n) is 5.63. The highest BCUT2D eigenvalue weighted by Crippen LogP contribution is 2.45. The zero-order valence-corrected chi connectivity index (χ0v) is 20.5. The molecule has 5 rings (SSSR count). The van der Waals surface area contributed by atoms with Crippen LogP contribution in [0.3, 0.4) is 0 Å².